The third kappa shape index (κ3) is 5.43. The minimum absolute atomic E-state index is 0.0278. The van der Waals surface area contributed by atoms with E-state index in [1.807, 2.05) is 0 Å². The maximum Gasteiger partial charge on any atom is 0.263 e. The predicted molar refractivity (Wildman–Crippen MR) is 118 cm³/mol. The van der Waals surface area contributed by atoms with Gasteiger partial charge in [0.25, 0.3) is 17.7 Å². The van der Waals surface area contributed by atoms with Crippen LogP contribution < -0.4 is 25.4 Å². The van der Waals surface area contributed by atoms with Crippen molar-refractivity contribution in [1.29, 1.82) is 0 Å². The Bertz CT molecular complexity index is 1030. The Morgan fingerprint density at radius 3 is 2.40 bits per heavy atom. The van der Waals surface area contributed by atoms with Gasteiger partial charge in [-0.05, 0) is 76.2 Å². The average molecular weight is 490 g/mol. The molecule has 3 N–H and O–H groups in total. The highest BCUT2D eigenvalue weighted by molar-refractivity contribution is 9.10. The highest BCUT2D eigenvalue weighted by Crippen LogP contribution is 2.27. The second-order valence-corrected chi connectivity index (χ2v) is 7.31. The summed E-state index contributed by atoms with van der Waals surface area (Å²) in [5.74, 6) is -0.356. The maximum absolute atomic E-state index is 12.1. The van der Waals surface area contributed by atoms with E-state index in [4.69, 9.17) is 21.7 Å². The van der Waals surface area contributed by atoms with Gasteiger partial charge in [-0.15, -0.1) is 0 Å². The van der Waals surface area contributed by atoms with Crippen molar-refractivity contribution in [2.75, 3.05) is 19.0 Å². The second-order valence-electron chi connectivity index (χ2n) is 6.05. The first kappa shape index (κ1) is 21.5. The van der Waals surface area contributed by atoms with Gasteiger partial charge < -0.3 is 14.8 Å². The number of methoxy groups -OCH3 is 1. The highest BCUT2D eigenvalue weighted by Gasteiger charge is 2.25. The largest absolute Gasteiger partial charge is 0.497 e. The zero-order valence-electron chi connectivity index (χ0n) is 15.7. The molecule has 1 saturated heterocycles. The molecule has 30 heavy (non-hydrogen) atoms. The average Bonchev–Trinajstić information content (AvgIpc) is 2.70. The van der Waals surface area contributed by atoms with Gasteiger partial charge in [0.2, 0.25) is 0 Å². The monoisotopic (exact) mass is 489 g/mol. The Morgan fingerprint density at radius 2 is 1.80 bits per heavy atom. The van der Waals surface area contributed by atoms with Crippen molar-refractivity contribution >= 4 is 62.7 Å². The summed E-state index contributed by atoms with van der Waals surface area (Å²) in [6.45, 7) is -0.201. The van der Waals surface area contributed by atoms with E-state index < -0.39 is 11.8 Å². The summed E-state index contributed by atoms with van der Waals surface area (Å²) in [6, 6.07) is 11.9. The van der Waals surface area contributed by atoms with Crippen LogP contribution in [-0.4, -0.2) is 36.6 Å². The van der Waals surface area contributed by atoms with E-state index >= 15 is 0 Å². The quantitative estimate of drug-likeness (QED) is 0.326. The van der Waals surface area contributed by atoms with Gasteiger partial charge in [-0.2, -0.15) is 0 Å². The van der Waals surface area contributed by atoms with Crippen LogP contribution in [0.25, 0.3) is 6.08 Å². The Morgan fingerprint density at radius 1 is 1.13 bits per heavy atom. The lowest BCUT2D eigenvalue weighted by atomic mass is 10.1. The fourth-order valence-electron chi connectivity index (χ4n) is 2.51. The van der Waals surface area contributed by atoms with Crippen LogP contribution in [0.4, 0.5) is 5.69 Å². The topological polar surface area (TPSA) is 106 Å². The van der Waals surface area contributed by atoms with E-state index in [1.54, 1.807) is 49.6 Å². The van der Waals surface area contributed by atoms with Gasteiger partial charge in [0.15, 0.2) is 11.7 Å². The number of benzene rings is 2. The summed E-state index contributed by atoms with van der Waals surface area (Å²) in [5, 5.41) is 7.43. The van der Waals surface area contributed by atoms with Crippen LogP contribution in [0, 0.1) is 0 Å². The van der Waals surface area contributed by atoms with Crippen LogP contribution in [0.3, 0.4) is 0 Å². The number of rotatable bonds is 6. The molecule has 1 heterocycles. The van der Waals surface area contributed by atoms with Crippen molar-refractivity contribution in [3.05, 3.63) is 58.1 Å². The standard InChI is InChI=1S/C20H16BrN3O5S/c1-28-13-5-3-12(4-6-13)22-17(25)10-29-16-7-2-11(9-15(16)21)8-14-18(26)23-20(30)24-19(14)27/h2-9H,10H2,1H3,(H,22,25)(H2,23,24,26,27,30). The van der Waals surface area contributed by atoms with Gasteiger partial charge in [-0.1, -0.05) is 6.07 Å². The summed E-state index contributed by atoms with van der Waals surface area (Å²) < 4.78 is 11.2. The molecule has 8 nitrogen and oxygen atoms in total. The minimum atomic E-state index is -0.574. The Kier molecular flexibility index (Phi) is 6.80. The van der Waals surface area contributed by atoms with Gasteiger partial charge in [0, 0.05) is 5.69 Å². The van der Waals surface area contributed by atoms with Crippen molar-refractivity contribution in [3.8, 4) is 11.5 Å². The minimum Gasteiger partial charge on any atom is -0.497 e. The molecule has 0 radical (unpaired) electrons. The molecular formula is C20H16BrN3O5S. The molecule has 10 heteroatoms. The third-order valence-electron chi connectivity index (χ3n) is 3.94. The van der Waals surface area contributed by atoms with Gasteiger partial charge in [-0.3, -0.25) is 25.0 Å². The van der Waals surface area contributed by atoms with Crippen molar-refractivity contribution in [2.24, 2.45) is 0 Å². The number of carbonyl (C=O) groups is 3. The Balaban J connectivity index is 1.62. The van der Waals surface area contributed by atoms with Crippen LogP contribution in [0.2, 0.25) is 0 Å². The van der Waals surface area contributed by atoms with E-state index in [1.165, 1.54) is 6.08 Å². The lowest BCUT2D eigenvalue weighted by Crippen LogP contribution is -2.51. The van der Waals surface area contributed by atoms with Crippen LogP contribution in [0.5, 0.6) is 11.5 Å². The molecule has 0 aromatic heterocycles. The number of hydrogen-bond donors (Lipinski definition) is 3. The summed E-state index contributed by atoms with van der Waals surface area (Å²) in [5.41, 5.74) is 1.14. The molecule has 0 bridgehead atoms. The lowest BCUT2D eigenvalue weighted by molar-refractivity contribution is -0.123. The van der Waals surface area contributed by atoms with Crippen LogP contribution in [0.1, 0.15) is 5.56 Å². The summed E-state index contributed by atoms with van der Waals surface area (Å²) >= 11 is 8.13. The number of amides is 3. The van der Waals surface area contributed by atoms with E-state index in [-0.39, 0.29) is 23.2 Å². The van der Waals surface area contributed by atoms with Crippen LogP contribution in [-0.2, 0) is 14.4 Å². The molecule has 2 aromatic rings. The number of hydrogen-bond acceptors (Lipinski definition) is 6. The molecule has 0 unspecified atom stereocenters. The normalized spacial score (nSPS) is 13.3. The van der Waals surface area contributed by atoms with Crippen LogP contribution in [0.15, 0.2) is 52.5 Å². The van der Waals surface area contributed by atoms with E-state index in [9.17, 15) is 14.4 Å². The molecule has 1 aliphatic heterocycles. The van der Waals surface area contributed by atoms with Crippen molar-refractivity contribution in [2.45, 2.75) is 0 Å². The fraction of sp³-hybridized carbons (Fsp3) is 0.100. The summed E-state index contributed by atoms with van der Waals surface area (Å²) in [7, 11) is 1.56. The van der Waals surface area contributed by atoms with Gasteiger partial charge in [0.05, 0.1) is 11.6 Å². The zero-order chi connectivity index (χ0) is 21.7. The number of nitrogens with one attached hydrogen (secondary N) is 3. The van der Waals surface area contributed by atoms with Crippen molar-refractivity contribution < 1.29 is 23.9 Å². The van der Waals surface area contributed by atoms with E-state index in [0.29, 0.717) is 27.2 Å². The molecule has 0 aliphatic carbocycles. The van der Waals surface area contributed by atoms with Gasteiger partial charge in [0.1, 0.15) is 17.1 Å². The van der Waals surface area contributed by atoms with Crippen molar-refractivity contribution in [1.82, 2.24) is 10.6 Å². The molecular weight excluding hydrogens is 474 g/mol. The zero-order valence-corrected chi connectivity index (χ0v) is 18.1. The molecule has 1 fully saturated rings. The molecule has 154 valence electrons. The first-order valence-electron chi connectivity index (χ1n) is 8.60. The third-order valence-corrected chi connectivity index (χ3v) is 4.77. The lowest BCUT2D eigenvalue weighted by Gasteiger charge is -2.16. The van der Waals surface area contributed by atoms with E-state index in [0.717, 1.165) is 0 Å². The first-order chi connectivity index (χ1) is 14.4. The fourth-order valence-corrected chi connectivity index (χ4v) is 3.21. The van der Waals surface area contributed by atoms with Gasteiger partial charge >= 0.3 is 0 Å². The number of anilines is 1. The smallest absolute Gasteiger partial charge is 0.263 e. The predicted octanol–water partition coefficient (Wildman–Crippen LogP) is 2.39. The SMILES string of the molecule is COc1ccc(NC(=O)COc2ccc(C=C3C(=O)NC(=S)NC3=O)cc2Br)cc1. The molecule has 1 aliphatic rings. The van der Waals surface area contributed by atoms with Crippen LogP contribution >= 0.6 is 28.1 Å². The number of carbonyl (C=O) groups excluding carboxylic acids is 3. The second kappa shape index (κ2) is 9.51. The Hall–Kier alpha value is -3.24. The molecule has 0 saturated carbocycles. The summed E-state index contributed by atoms with van der Waals surface area (Å²) in [4.78, 5) is 35.9. The van der Waals surface area contributed by atoms with Gasteiger partial charge in [-0.25, -0.2) is 0 Å². The molecule has 3 rings (SSSR count). The molecule has 0 spiro atoms. The number of thiocarbonyl (C=S) groups is 1. The first-order valence-corrected chi connectivity index (χ1v) is 9.80. The highest BCUT2D eigenvalue weighted by atomic mass is 79.9. The maximum atomic E-state index is 12.1. The Labute approximate surface area is 185 Å². The molecule has 0 atom stereocenters. The molecule has 3 amide bonds. The summed E-state index contributed by atoms with van der Waals surface area (Å²) in [6.07, 6.45) is 1.43. The van der Waals surface area contributed by atoms with E-state index in [2.05, 4.69) is 31.9 Å². The molecule has 2 aromatic carbocycles. The van der Waals surface area contributed by atoms with Crippen molar-refractivity contribution in [3.63, 3.8) is 0 Å². The number of halogens is 1. The number of ether oxygens (including phenoxy) is 2.